The first-order chi connectivity index (χ1) is 9.74. The third kappa shape index (κ3) is 2.32. The monoisotopic (exact) mass is 313 g/mol. The maximum Gasteiger partial charge on any atom is 0.272 e. The second kappa shape index (κ2) is 5.35. The number of allylic oxidation sites excluding steroid dienone is 1. The van der Waals surface area contributed by atoms with Gasteiger partial charge in [0.05, 0.1) is 13.0 Å². The van der Waals surface area contributed by atoms with E-state index in [4.69, 9.17) is 5.11 Å². The fourth-order valence-electron chi connectivity index (χ4n) is 2.17. The summed E-state index contributed by atoms with van der Waals surface area (Å²) in [6.07, 6.45) is -10.9. The molecule has 0 aromatic rings. The predicted octanol–water partition coefficient (Wildman–Crippen LogP) is -0.350. The van der Waals surface area contributed by atoms with E-state index in [9.17, 15) is 32.3 Å². The van der Waals surface area contributed by atoms with E-state index in [0.717, 1.165) is 0 Å². The molecule has 10 heteroatoms. The zero-order valence-corrected chi connectivity index (χ0v) is 10.4. The Hall–Kier alpha value is -1.52. The van der Waals surface area contributed by atoms with E-state index in [1.165, 1.54) is 0 Å². The summed E-state index contributed by atoms with van der Waals surface area (Å²) in [6.45, 7) is -1.45. The van der Waals surface area contributed by atoms with Gasteiger partial charge in [-0.15, -0.1) is 0 Å². The summed E-state index contributed by atoms with van der Waals surface area (Å²) in [4.78, 5) is 22.9. The quantitative estimate of drug-likeness (QED) is 0.549. The van der Waals surface area contributed by atoms with Crippen molar-refractivity contribution in [2.24, 2.45) is 0 Å². The molecule has 0 unspecified atom stereocenters. The average Bonchev–Trinajstić information content (AvgIpc) is 2.68. The van der Waals surface area contributed by atoms with Crippen LogP contribution in [0.5, 0.6) is 0 Å². The van der Waals surface area contributed by atoms with Crippen molar-refractivity contribution in [2.75, 3.05) is 6.61 Å². The van der Waals surface area contributed by atoms with E-state index < -0.39 is 61.1 Å². The van der Waals surface area contributed by atoms with E-state index in [0.29, 0.717) is 11.1 Å². The largest absolute Gasteiger partial charge is 0.393 e. The number of alkyl halides is 3. The third-order valence-electron chi connectivity index (χ3n) is 3.41. The van der Waals surface area contributed by atoms with Crippen molar-refractivity contribution in [3.63, 3.8) is 0 Å². The molecular formula is C11H11F4NO5. The van der Waals surface area contributed by atoms with E-state index in [2.05, 4.69) is 4.74 Å². The van der Waals surface area contributed by atoms with Crippen LogP contribution in [0.1, 0.15) is 6.42 Å². The standard InChI is InChI=1S/C11H11F4NO5/c12-4-2-16(6(19)1-5(4)18)9-7(20)8(13)11(3-17,21-9)10(14)15/h2,7-10,17,20H,1,3H2/t7-,8-,9-,11-/m1/s1. The number of halogens is 4. The number of hydrogen-bond donors (Lipinski definition) is 2. The highest BCUT2D eigenvalue weighted by molar-refractivity contribution is 6.08. The highest BCUT2D eigenvalue weighted by atomic mass is 19.3. The normalized spacial score (nSPS) is 37.4. The third-order valence-corrected chi connectivity index (χ3v) is 3.41. The molecule has 21 heavy (non-hydrogen) atoms. The minimum Gasteiger partial charge on any atom is -0.393 e. The number of ether oxygens (including phenoxy) is 1. The Bertz CT molecular complexity index is 499. The summed E-state index contributed by atoms with van der Waals surface area (Å²) in [7, 11) is 0. The second-order valence-corrected chi connectivity index (χ2v) is 4.69. The van der Waals surface area contributed by atoms with Crippen LogP contribution in [-0.2, 0) is 14.3 Å². The Morgan fingerprint density at radius 3 is 2.57 bits per heavy atom. The molecule has 1 saturated heterocycles. The molecular weight excluding hydrogens is 302 g/mol. The highest BCUT2D eigenvalue weighted by Gasteiger charge is 2.62. The zero-order chi connectivity index (χ0) is 15.9. The van der Waals surface area contributed by atoms with Gasteiger partial charge in [-0.1, -0.05) is 0 Å². The molecule has 118 valence electrons. The van der Waals surface area contributed by atoms with Gasteiger partial charge in [0.15, 0.2) is 23.8 Å². The topological polar surface area (TPSA) is 87.1 Å². The molecule has 4 atom stereocenters. The van der Waals surface area contributed by atoms with Gasteiger partial charge in [0.2, 0.25) is 11.7 Å². The van der Waals surface area contributed by atoms with Crippen LogP contribution in [0.15, 0.2) is 12.0 Å². The molecule has 2 aliphatic rings. The number of amides is 1. The Morgan fingerprint density at radius 2 is 2.10 bits per heavy atom. The van der Waals surface area contributed by atoms with Gasteiger partial charge in [0, 0.05) is 6.20 Å². The first kappa shape index (κ1) is 15.9. The molecule has 2 heterocycles. The number of carbonyl (C=O) groups is 2. The van der Waals surface area contributed by atoms with Gasteiger partial charge in [-0.25, -0.2) is 17.6 Å². The zero-order valence-electron chi connectivity index (χ0n) is 10.4. The van der Waals surface area contributed by atoms with Gasteiger partial charge in [0.25, 0.3) is 6.43 Å². The first-order valence-electron chi connectivity index (χ1n) is 5.85. The molecule has 2 aliphatic heterocycles. The molecule has 1 amide bonds. The molecule has 0 aromatic carbocycles. The van der Waals surface area contributed by atoms with Gasteiger partial charge in [-0.3, -0.25) is 14.5 Å². The summed E-state index contributed by atoms with van der Waals surface area (Å²) >= 11 is 0. The molecule has 0 aliphatic carbocycles. The summed E-state index contributed by atoms with van der Waals surface area (Å²) in [5.41, 5.74) is -3.02. The van der Waals surface area contributed by atoms with E-state index >= 15 is 0 Å². The molecule has 0 saturated carbocycles. The Balaban J connectivity index is 2.34. The van der Waals surface area contributed by atoms with Crippen LogP contribution in [0.25, 0.3) is 0 Å². The molecule has 2 rings (SSSR count). The minimum atomic E-state index is -3.49. The van der Waals surface area contributed by atoms with Crippen LogP contribution < -0.4 is 0 Å². The lowest BCUT2D eigenvalue weighted by molar-refractivity contribution is -0.196. The van der Waals surface area contributed by atoms with Crippen molar-refractivity contribution in [3.05, 3.63) is 12.0 Å². The van der Waals surface area contributed by atoms with Gasteiger partial charge in [-0.05, 0) is 0 Å². The Labute approximate surface area is 115 Å². The van der Waals surface area contributed by atoms with Gasteiger partial charge < -0.3 is 14.9 Å². The number of Topliss-reactive ketones (excluding diaryl/α,β-unsaturated/α-hetero) is 1. The minimum absolute atomic E-state index is 0.341. The number of rotatable bonds is 3. The van der Waals surface area contributed by atoms with Gasteiger partial charge >= 0.3 is 0 Å². The molecule has 1 fully saturated rings. The Kier molecular flexibility index (Phi) is 4.04. The number of aliphatic hydroxyl groups excluding tert-OH is 2. The van der Waals surface area contributed by atoms with Gasteiger partial charge in [0.1, 0.15) is 6.10 Å². The van der Waals surface area contributed by atoms with Crippen molar-refractivity contribution in [1.29, 1.82) is 0 Å². The fourth-order valence-corrected chi connectivity index (χ4v) is 2.17. The maximum atomic E-state index is 13.9. The van der Waals surface area contributed by atoms with Crippen molar-refractivity contribution in [1.82, 2.24) is 4.90 Å². The maximum absolute atomic E-state index is 13.9. The van der Waals surface area contributed by atoms with E-state index in [-0.39, 0.29) is 0 Å². The average molecular weight is 313 g/mol. The second-order valence-electron chi connectivity index (χ2n) is 4.69. The smallest absolute Gasteiger partial charge is 0.272 e. The molecule has 0 aromatic heterocycles. The van der Waals surface area contributed by atoms with E-state index in [1.54, 1.807) is 0 Å². The predicted molar refractivity (Wildman–Crippen MR) is 57.3 cm³/mol. The molecule has 0 spiro atoms. The molecule has 0 bridgehead atoms. The van der Waals surface area contributed by atoms with Crippen LogP contribution in [0, 0.1) is 0 Å². The van der Waals surface area contributed by atoms with Crippen LogP contribution >= 0.6 is 0 Å². The van der Waals surface area contributed by atoms with E-state index in [1.807, 2.05) is 0 Å². The molecule has 2 N–H and O–H groups in total. The van der Waals surface area contributed by atoms with Crippen LogP contribution in [0.3, 0.4) is 0 Å². The summed E-state index contributed by atoms with van der Waals surface area (Å²) in [6, 6.07) is 0. The number of carbonyl (C=O) groups excluding carboxylic acids is 2. The first-order valence-corrected chi connectivity index (χ1v) is 5.85. The van der Waals surface area contributed by atoms with Crippen molar-refractivity contribution in [3.8, 4) is 0 Å². The number of nitrogens with zero attached hydrogens (tertiary/aromatic N) is 1. The summed E-state index contributed by atoms with van der Waals surface area (Å²) in [5.74, 6) is -3.51. The van der Waals surface area contributed by atoms with Crippen LogP contribution in [0.2, 0.25) is 0 Å². The van der Waals surface area contributed by atoms with Crippen LogP contribution in [0.4, 0.5) is 17.6 Å². The van der Waals surface area contributed by atoms with Crippen molar-refractivity contribution < 1.29 is 42.1 Å². The lowest BCUT2D eigenvalue weighted by atomic mass is 9.98. The summed E-state index contributed by atoms with van der Waals surface area (Å²) in [5, 5.41) is 18.6. The lowest BCUT2D eigenvalue weighted by Crippen LogP contribution is -2.50. The molecule has 6 nitrogen and oxygen atoms in total. The number of aliphatic hydroxyl groups is 2. The van der Waals surface area contributed by atoms with Crippen LogP contribution in [-0.4, -0.2) is 63.9 Å². The number of ketones is 1. The Morgan fingerprint density at radius 1 is 1.48 bits per heavy atom. The molecule has 0 radical (unpaired) electrons. The SMILES string of the molecule is O=C1CC(=O)N([C@@H]2O[C@@](CO)(C(F)F)[C@H](F)[C@H]2O)C=C1F. The lowest BCUT2D eigenvalue weighted by Gasteiger charge is -2.31. The van der Waals surface area contributed by atoms with Crippen molar-refractivity contribution in [2.45, 2.75) is 37.0 Å². The van der Waals surface area contributed by atoms with Gasteiger partial charge in [-0.2, -0.15) is 0 Å². The number of hydrogen-bond acceptors (Lipinski definition) is 5. The van der Waals surface area contributed by atoms with Crippen molar-refractivity contribution >= 4 is 11.7 Å². The summed E-state index contributed by atoms with van der Waals surface area (Å²) < 4.78 is 57.5. The highest BCUT2D eigenvalue weighted by Crippen LogP contribution is 2.40. The fraction of sp³-hybridized carbons (Fsp3) is 0.636.